The Bertz CT molecular complexity index is 535. The Hall–Kier alpha value is -1.62. The van der Waals surface area contributed by atoms with Gasteiger partial charge in [0, 0.05) is 31.0 Å². The Labute approximate surface area is 125 Å². The van der Waals surface area contributed by atoms with Crippen molar-refractivity contribution < 1.29 is 9.53 Å². The summed E-state index contributed by atoms with van der Waals surface area (Å²) in [5, 5.41) is 7.35. The summed E-state index contributed by atoms with van der Waals surface area (Å²) in [7, 11) is 1.89. The SMILES string of the molecule is Cn1cc([C@H]2OCC[C@@H]2NC(=O)C2=CCCCCC2)cn1. The van der Waals surface area contributed by atoms with E-state index < -0.39 is 0 Å². The van der Waals surface area contributed by atoms with Crippen molar-refractivity contribution in [3.63, 3.8) is 0 Å². The zero-order valence-corrected chi connectivity index (χ0v) is 12.5. The van der Waals surface area contributed by atoms with Crippen molar-refractivity contribution >= 4 is 5.91 Å². The smallest absolute Gasteiger partial charge is 0.247 e. The number of rotatable bonds is 3. The molecule has 3 rings (SSSR count). The van der Waals surface area contributed by atoms with Gasteiger partial charge in [0.2, 0.25) is 5.91 Å². The number of hydrogen-bond acceptors (Lipinski definition) is 3. The predicted octanol–water partition coefficient (Wildman–Crippen LogP) is 2.26. The van der Waals surface area contributed by atoms with Crippen molar-refractivity contribution in [3.05, 3.63) is 29.6 Å². The molecule has 21 heavy (non-hydrogen) atoms. The quantitative estimate of drug-likeness (QED) is 0.928. The largest absolute Gasteiger partial charge is 0.371 e. The van der Waals surface area contributed by atoms with Gasteiger partial charge in [-0.2, -0.15) is 5.10 Å². The maximum Gasteiger partial charge on any atom is 0.247 e. The first-order valence-corrected chi connectivity index (χ1v) is 7.84. The molecule has 5 heteroatoms. The van der Waals surface area contributed by atoms with Gasteiger partial charge in [-0.25, -0.2) is 0 Å². The maximum atomic E-state index is 12.4. The van der Waals surface area contributed by atoms with E-state index in [0.717, 1.165) is 36.8 Å². The van der Waals surface area contributed by atoms with Gasteiger partial charge in [-0.15, -0.1) is 0 Å². The van der Waals surface area contributed by atoms with Crippen LogP contribution in [-0.2, 0) is 16.6 Å². The standard InChI is InChI=1S/C16H23N3O2/c1-19-11-13(10-17-19)15-14(8-9-21-15)18-16(20)12-6-4-2-3-5-7-12/h6,10-11,14-15H,2-5,7-9H2,1H3,(H,18,20)/t14-,15+/m0/s1. The van der Waals surface area contributed by atoms with Gasteiger partial charge in [0.1, 0.15) is 6.10 Å². The summed E-state index contributed by atoms with van der Waals surface area (Å²) < 4.78 is 7.56. The number of allylic oxidation sites excluding steroid dienone is 1. The van der Waals surface area contributed by atoms with Gasteiger partial charge < -0.3 is 10.1 Å². The molecule has 0 aromatic carbocycles. The van der Waals surface area contributed by atoms with Crippen LogP contribution >= 0.6 is 0 Å². The highest BCUT2D eigenvalue weighted by Crippen LogP contribution is 2.29. The second-order valence-electron chi connectivity index (χ2n) is 5.94. The molecule has 2 atom stereocenters. The molecule has 0 unspecified atom stereocenters. The highest BCUT2D eigenvalue weighted by molar-refractivity contribution is 5.93. The highest BCUT2D eigenvalue weighted by Gasteiger charge is 2.32. The van der Waals surface area contributed by atoms with E-state index in [0.29, 0.717) is 6.61 Å². The van der Waals surface area contributed by atoms with Crippen LogP contribution in [-0.4, -0.2) is 28.3 Å². The fourth-order valence-corrected chi connectivity index (χ4v) is 3.14. The van der Waals surface area contributed by atoms with Crippen LogP contribution in [0.1, 0.15) is 50.2 Å². The summed E-state index contributed by atoms with van der Waals surface area (Å²) >= 11 is 0. The molecule has 2 heterocycles. The maximum absolute atomic E-state index is 12.4. The minimum absolute atomic E-state index is 0.0471. The Kier molecular flexibility index (Phi) is 4.39. The average Bonchev–Trinajstić information content (AvgIpc) is 2.99. The van der Waals surface area contributed by atoms with E-state index in [1.165, 1.54) is 12.8 Å². The third-order valence-electron chi connectivity index (χ3n) is 4.29. The van der Waals surface area contributed by atoms with E-state index in [9.17, 15) is 4.79 Å². The van der Waals surface area contributed by atoms with Crippen LogP contribution in [0.2, 0.25) is 0 Å². The van der Waals surface area contributed by atoms with Gasteiger partial charge in [0.15, 0.2) is 0 Å². The zero-order chi connectivity index (χ0) is 14.7. The van der Waals surface area contributed by atoms with Crippen LogP contribution in [0.15, 0.2) is 24.0 Å². The van der Waals surface area contributed by atoms with Gasteiger partial charge in [-0.3, -0.25) is 9.48 Å². The molecular weight excluding hydrogens is 266 g/mol. The normalized spacial score (nSPS) is 26.2. The number of carbonyl (C=O) groups is 1. The Morgan fingerprint density at radius 1 is 1.43 bits per heavy atom. The second kappa shape index (κ2) is 6.43. The van der Waals surface area contributed by atoms with Crippen molar-refractivity contribution in [2.24, 2.45) is 7.05 Å². The fourth-order valence-electron chi connectivity index (χ4n) is 3.14. The molecule has 1 N–H and O–H groups in total. The van der Waals surface area contributed by atoms with Crippen LogP contribution in [0.3, 0.4) is 0 Å². The van der Waals surface area contributed by atoms with Crippen LogP contribution in [0.5, 0.6) is 0 Å². The highest BCUT2D eigenvalue weighted by atomic mass is 16.5. The van der Waals surface area contributed by atoms with Gasteiger partial charge in [0.05, 0.1) is 12.2 Å². The van der Waals surface area contributed by atoms with Crippen molar-refractivity contribution in [1.29, 1.82) is 0 Å². The Balaban J connectivity index is 1.65. The van der Waals surface area contributed by atoms with Crippen molar-refractivity contribution in [2.75, 3.05) is 6.61 Å². The third kappa shape index (κ3) is 3.35. The lowest BCUT2D eigenvalue weighted by atomic mass is 10.0. The molecule has 0 saturated carbocycles. The van der Waals surface area contributed by atoms with E-state index >= 15 is 0 Å². The summed E-state index contributed by atoms with van der Waals surface area (Å²) in [6.07, 6.45) is 12.1. The lowest BCUT2D eigenvalue weighted by Crippen LogP contribution is -2.37. The molecule has 1 saturated heterocycles. The van der Waals surface area contributed by atoms with Gasteiger partial charge >= 0.3 is 0 Å². The minimum atomic E-state index is -0.0750. The van der Waals surface area contributed by atoms with Crippen molar-refractivity contribution in [3.8, 4) is 0 Å². The van der Waals surface area contributed by atoms with Crippen LogP contribution in [0.4, 0.5) is 0 Å². The van der Waals surface area contributed by atoms with Gasteiger partial charge in [-0.1, -0.05) is 12.5 Å². The first kappa shape index (κ1) is 14.3. The molecule has 1 aliphatic heterocycles. The number of nitrogens with one attached hydrogen (secondary N) is 1. The van der Waals surface area contributed by atoms with Gasteiger partial charge in [0.25, 0.3) is 0 Å². The fraction of sp³-hybridized carbons (Fsp3) is 0.625. The van der Waals surface area contributed by atoms with Crippen molar-refractivity contribution in [2.45, 2.75) is 50.7 Å². The van der Waals surface area contributed by atoms with Gasteiger partial charge in [-0.05, 0) is 32.1 Å². The third-order valence-corrected chi connectivity index (χ3v) is 4.29. The first-order valence-electron chi connectivity index (χ1n) is 7.84. The molecular formula is C16H23N3O2. The molecule has 0 radical (unpaired) electrons. The molecule has 1 aromatic heterocycles. The second-order valence-corrected chi connectivity index (χ2v) is 5.94. The summed E-state index contributed by atoms with van der Waals surface area (Å²) in [5.41, 5.74) is 1.99. The first-order chi connectivity index (χ1) is 10.2. The predicted molar refractivity (Wildman–Crippen MR) is 79.6 cm³/mol. The average molecular weight is 289 g/mol. The number of amides is 1. The summed E-state index contributed by atoms with van der Waals surface area (Å²) in [6, 6.07) is 0.0471. The summed E-state index contributed by atoms with van der Waals surface area (Å²) in [4.78, 5) is 12.4. The number of nitrogens with zero attached hydrogens (tertiary/aromatic N) is 2. The van der Waals surface area contributed by atoms with E-state index in [4.69, 9.17) is 4.74 Å². The Morgan fingerprint density at radius 3 is 3.14 bits per heavy atom. The number of aromatic nitrogens is 2. The van der Waals surface area contributed by atoms with Crippen molar-refractivity contribution in [1.82, 2.24) is 15.1 Å². The monoisotopic (exact) mass is 289 g/mol. The molecule has 114 valence electrons. The minimum Gasteiger partial charge on any atom is -0.371 e. The summed E-state index contributed by atoms with van der Waals surface area (Å²) in [6.45, 7) is 0.684. The molecule has 5 nitrogen and oxygen atoms in total. The number of hydrogen-bond donors (Lipinski definition) is 1. The number of ether oxygens (including phenoxy) is 1. The summed E-state index contributed by atoms with van der Waals surface area (Å²) in [5.74, 6) is 0.0845. The lowest BCUT2D eigenvalue weighted by Gasteiger charge is -2.19. The molecule has 0 spiro atoms. The van der Waals surface area contributed by atoms with E-state index in [1.807, 2.05) is 19.4 Å². The lowest BCUT2D eigenvalue weighted by molar-refractivity contribution is -0.118. The van der Waals surface area contributed by atoms with E-state index in [2.05, 4.69) is 16.5 Å². The molecule has 1 aliphatic carbocycles. The van der Waals surface area contributed by atoms with Crippen LogP contribution in [0, 0.1) is 0 Å². The molecule has 2 aliphatic rings. The topological polar surface area (TPSA) is 56.1 Å². The molecule has 1 aromatic rings. The number of aryl methyl sites for hydroxylation is 1. The molecule has 0 bridgehead atoms. The zero-order valence-electron chi connectivity index (χ0n) is 12.5. The molecule has 1 amide bonds. The number of carbonyl (C=O) groups excluding carboxylic acids is 1. The van der Waals surface area contributed by atoms with Crippen LogP contribution in [0.25, 0.3) is 0 Å². The molecule has 1 fully saturated rings. The van der Waals surface area contributed by atoms with E-state index in [-0.39, 0.29) is 18.1 Å². The van der Waals surface area contributed by atoms with E-state index in [1.54, 1.807) is 4.68 Å². The Morgan fingerprint density at radius 2 is 2.33 bits per heavy atom. The van der Waals surface area contributed by atoms with Crippen LogP contribution < -0.4 is 5.32 Å².